The number of allylic oxidation sites excluding steroid dienone is 2. The molecule has 58 valence electrons. The highest BCUT2D eigenvalue weighted by Crippen LogP contribution is 2.26. The van der Waals surface area contributed by atoms with Crippen molar-refractivity contribution in [2.24, 2.45) is 4.99 Å². The summed E-state index contributed by atoms with van der Waals surface area (Å²) in [6, 6.07) is 0.340. The molecule has 0 aromatic heterocycles. The molecule has 0 aromatic rings. The molecule has 3 heteroatoms. The van der Waals surface area contributed by atoms with Gasteiger partial charge < -0.3 is 0 Å². The van der Waals surface area contributed by atoms with Crippen LogP contribution in [0.25, 0.3) is 0 Å². The summed E-state index contributed by atoms with van der Waals surface area (Å²) in [4.78, 5) is 4.01. The van der Waals surface area contributed by atoms with Crippen LogP contribution >= 0.6 is 0 Å². The zero-order valence-electron chi connectivity index (χ0n) is 6.14. The second kappa shape index (κ2) is 2.51. The number of aliphatic imine (C=N–C) groups is 1. The van der Waals surface area contributed by atoms with Crippen molar-refractivity contribution >= 4 is 6.21 Å². The minimum Gasteiger partial charge on any atom is -0.289 e. The van der Waals surface area contributed by atoms with Crippen molar-refractivity contribution in [1.29, 1.82) is 0 Å². The fraction of sp³-hybridized carbons (Fsp3) is 0.375. The van der Waals surface area contributed by atoms with Gasteiger partial charge >= 0.3 is 0 Å². The Balaban J connectivity index is 2.00. The summed E-state index contributed by atoms with van der Waals surface area (Å²) in [7, 11) is 0. The van der Waals surface area contributed by atoms with Crippen LogP contribution < -0.4 is 0 Å². The van der Waals surface area contributed by atoms with Crippen molar-refractivity contribution in [3.05, 3.63) is 24.0 Å². The monoisotopic (exact) mass is 150 g/mol. The maximum absolute atomic E-state index is 9.30. The highest BCUT2D eigenvalue weighted by atomic mass is 16.5. The lowest BCUT2D eigenvalue weighted by Crippen LogP contribution is -2.14. The number of rotatable bonds is 2. The fourth-order valence-corrected chi connectivity index (χ4v) is 0.970. The van der Waals surface area contributed by atoms with Crippen molar-refractivity contribution in [1.82, 2.24) is 5.06 Å². The van der Waals surface area contributed by atoms with E-state index in [9.17, 15) is 5.21 Å². The number of hydrogen-bond acceptors (Lipinski definition) is 3. The zero-order chi connectivity index (χ0) is 7.68. The van der Waals surface area contributed by atoms with Crippen LogP contribution in [0.1, 0.15) is 12.8 Å². The Morgan fingerprint density at radius 1 is 1.64 bits per heavy atom. The quantitative estimate of drug-likeness (QED) is 0.602. The largest absolute Gasteiger partial charge is 0.289 e. The Bertz CT molecular complexity index is 224. The average Bonchev–Trinajstić information content (AvgIpc) is 2.73. The minimum atomic E-state index is 0.340. The van der Waals surface area contributed by atoms with Crippen LogP contribution in [0.5, 0.6) is 0 Å². The van der Waals surface area contributed by atoms with Crippen LogP contribution in [0.4, 0.5) is 0 Å². The molecule has 1 saturated carbocycles. The molecule has 2 rings (SSSR count). The first-order valence-corrected chi connectivity index (χ1v) is 3.76. The fourth-order valence-electron chi connectivity index (χ4n) is 0.970. The van der Waals surface area contributed by atoms with Gasteiger partial charge in [0.05, 0.1) is 17.9 Å². The lowest BCUT2D eigenvalue weighted by Gasteiger charge is -2.09. The summed E-state index contributed by atoms with van der Waals surface area (Å²) in [5.41, 5.74) is 0.819. The van der Waals surface area contributed by atoms with E-state index in [4.69, 9.17) is 0 Å². The first-order chi connectivity index (χ1) is 5.36. The Hall–Kier alpha value is -1.09. The van der Waals surface area contributed by atoms with Gasteiger partial charge in [-0.1, -0.05) is 0 Å². The average molecular weight is 150 g/mol. The van der Waals surface area contributed by atoms with E-state index < -0.39 is 0 Å². The van der Waals surface area contributed by atoms with E-state index in [1.165, 1.54) is 5.06 Å². The normalized spacial score (nSPS) is 25.0. The molecule has 1 N–H and O–H groups in total. The van der Waals surface area contributed by atoms with Crippen molar-refractivity contribution in [2.75, 3.05) is 0 Å². The number of hydrogen-bond donors (Lipinski definition) is 1. The molecule has 1 aliphatic heterocycles. The molecule has 1 heterocycles. The topological polar surface area (TPSA) is 35.8 Å². The zero-order valence-corrected chi connectivity index (χ0v) is 6.14. The van der Waals surface area contributed by atoms with Gasteiger partial charge in [-0.25, -0.2) is 0 Å². The van der Waals surface area contributed by atoms with Crippen molar-refractivity contribution < 1.29 is 5.21 Å². The summed E-state index contributed by atoms with van der Waals surface area (Å²) in [5, 5.41) is 10.6. The molecule has 0 bridgehead atoms. The number of hydroxylamine groups is 2. The van der Waals surface area contributed by atoms with Gasteiger partial charge in [0.25, 0.3) is 0 Å². The van der Waals surface area contributed by atoms with Crippen molar-refractivity contribution in [3.63, 3.8) is 0 Å². The highest BCUT2D eigenvalue weighted by molar-refractivity contribution is 5.76. The number of nitrogens with zero attached hydrogens (tertiary/aromatic N) is 2. The lowest BCUT2D eigenvalue weighted by molar-refractivity contribution is -0.0499. The Labute approximate surface area is 65.3 Å². The van der Waals surface area contributed by atoms with Crippen LogP contribution in [0.2, 0.25) is 0 Å². The molecule has 0 radical (unpaired) electrons. The molecule has 0 aromatic carbocycles. The van der Waals surface area contributed by atoms with Crippen LogP contribution in [0.15, 0.2) is 29.0 Å². The summed E-state index contributed by atoms with van der Waals surface area (Å²) in [6.07, 6.45) is 9.28. The molecule has 1 aliphatic carbocycles. The van der Waals surface area contributed by atoms with Gasteiger partial charge in [-0.2, -0.15) is 0 Å². The lowest BCUT2D eigenvalue weighted by atomic mass is 10.4. The summed E-state index contributed by atoms with van der Waals surface area (Å²) >= 11 is 0. The minimum absolute atomic E-state index is 0.340. The molecule has 2 aliphatic rings. The van der Waals surface area contributed by atoms with E-state index in [0.29, 0.717) is 6.04 Å². The van der Waals surface area contributed by atoms with Gasteiger partial charge in [-0.05, 0) is 25.0 Å². The van der Waals surface area contributed by atoms with Crippen LogP contribution in [0, 0.1) is 0 Å². The molecule has 1 fully saturated rings. The molecule has 0 atom stereocenters. The van der Waals surface area contributed by atoms with Crippen LogP contribution in [0.3, 0.4) is 0 Å². The molecule has 3 nitrogen and oxygen atoms in total. The predicted molar refractivity (Wildman–Crippen MR) is 42.4 cm³/mol. The molecule has 11 heavy (non-hydrogen) atoms. The van der Waals surface area contributed by atoms with E-state index in [-0.39, 0.29) is 0 Å². The first-order valence-electron chi connectivity index (χ1n) is 3.76. The molecule has 0 saturated heterocycles. The molecular weight excluding hydrogens is 140 g/mol. The van der Waals surface area contributed by atoms with Gasteiger partial charge in [0, 0.05) is 6.21 Å². The molecule has 0 unspecified atom stereocenters. The van der Waals surface area contributed by atoms with Crippen molar-refractivity contribution in [2.45, 2.75) is 18.9 Å². The van der Waals surface area contributed by atoms with Crippen LogP contribution in [-0.4, -0.2) is 22.5 Å². The van der Waals surface area contributed by atoms with E-state index in [1.807, 2.05) is 12.2 Å². The van der Waals surface area contributed by atoms with E-state index >= 15 is 0 Å². The van der Waals surface area contributed by atoms with Gasteiger partial charge in [0.2, 0.25) is 0 Å². The second-order valence-electron chi connectivity index (χ2n) is 2.80. The van der Waals surface area contributed by atoms with Gasteiger partial charge in [0.15, 0.2) is 0 Å². The van der Waals surface area contributed by atoms with Crippen LogP contribution in [-0.2, 0) is 0 Å². The molecule has 0 amide bonds. The second-order valence-corrected chi connectivity index (χ2v) is 2.80. The third-order valence-electron chi connectivity index (χ3n) is 1.76. The Kier molecular flexibility index (Phi) is 1.51. The molecular formula is C8H10N2O. The third kappa shape index (κ3) is 1.49. The predicted octanol–water partition coefficient (Wildman–Crippen LogP) is 1.32. The van der Waals surface area contributed by atoms with Gasteiger partial charge in [0.1, 0.15) is 0 Å². The standard InChI is InChI=1S/C8H10N2O/c11-10(8-3-4-8)6-7-2-1-5-9-7/h1-2,5-6,8,11H,3-4H2/b7-6-. The SMILES string of the molecule is ON(/C=C1/C=CC=N1)C1CC1. The third-order valence-corrected chi connectivity index (χ3v) is 1.76. The Morgan fingerprint density at radius 2 is 2.45 bits per heavy atom. The van der Waals surface area contributed by atoms with Gasteiger partial charge in [-0.3, -0.25) is 15.3 Å². The van der Waals surface area contributed by atoms with E-state index in [1.54, 1.807) is 12.4 Å². The highest BCUT2D eigenvalue weighted by Gasteiger charge is 2.26. The van der Waals surface area contributed by atoms with E-state index in [0.717, 1.165) is 18.5 Å². The first kappa shape index (κ1) is 6.61. The van der Waals surface area contributed by atoms with E-state index in [2.05, 4.69) is 4.99 Å². The van der Waals surface area contributed by atoms with Gasteiger partial charge in [-0.15, -0.1) is 0 Å². The summed E-state index contributed by atoms with van der Waals surface area (Å²) in [5.74, 6) is 0. The Morgan fingerprint density at radius 3 is 3.00 bits per heavy atom. The molecule has 0 spiro atoms. The smallest absolute Gasteiger partial charge is 0.0813 e. The summed E-state index contributed by atoms with van der Waals surface area (Å²) in [6.45, 7) is 0. The summed E-state index contributed by atoms with van der Waals surface area (Å²) < 4.78 is 0. The maximum atomic E-state index is 9.30. The maximum Gasteiger partial charge on any atom is 0.0813 e. The van der Waals surface area contributed by atoms with Crippen molar-refractivity contribution in [3.8, 4) is 0 Å².